The number of carboxylic acids is 1. The number of urea groups is 1. The lowest BCUT2D eigenvalue weighted by Gasteiger charge is -2.36. The summed E-state index contributed by atoms with van der Waals surface area (Å²) in [6, 6.07) is -0.512. The smallest absolute Gasteiger partial charge is 0.317 e. The average Bonchev–Trinajstić information content (AvgIpc) is 2.46. The van der Waals surface area contributed by atoms with Crippen molar-refractivity contribution in [3.05, 3.63) is 0 Å². The summed E-state index contributed by atoms with van der Waals surface area (Å²) in [6.07, 6.45) is 4.87. The van der Waals surface area contributed by atoms with Gasteiger partial charge >= 0.3 is 12.0 Å². The number of carboxylic acid groups (broad SMARTS) is 1. The van der Waals surface area contributed by atoms with Crippen LogP contribution in [0.25, 0.3) is 0 Å². The second-order valence-corrected chi connectivity index (χ2v) is 6.23. The summed E-state index contributed by atoms with van der Waals surface area (Å²) >= 11 is 0. The van der Waals surface area contributed by atoms with Gasteiger partial charge in [-0.05, 0) is 18.3 Å². The quantitative estimate of drug-likeness (QED) is 0.828. The van der Waals surface area contributed by atoms with Gasteiger partial charge in [0, 0.05) is 13.1 Å². The molecule has 0 radical (unpaired) electrons. The zero-order valence-electron chi connectivity index (χ0n) is 12.7. The van der Waals surface area contributed by atoms with Crippen molar-refractivity contribution in [2.45, 2.75) is 45.1 Å². The van der Waals surface area contributed by atoms with Crippen LogP contribution in [0.15, 0.2) is 0 Å². The molecule has 120 valence electrons. The molecule has 2 rings (SSSR count). The highest BCUT2D eigenvalue weighted by Crippen LogP contribution is 2.28. The van der Waals surface area contributed by atoms with E-state index in [0.29, 0.717) is 38.1 Å². The fourth-order valence-corrected chi connectivity index (χ4v) is 3.31. The summed E-state index contributed by atoms with van der Waals surface area (Å²) in [7, 11) is 0. The van der Waals surface area contributed by atoms with Crippen LogP contribution < -0.4 is 5.32 Å². The summed E-state index contributed by atoms with van der Waals surface area (Å²) in [6.45, 7) is 4.18. The molecule has 21 heavy (non-hydrogen) atoms. The van der Waals surface area contributed by atoms with Crippen molar-refractivity contribution >= 4 is 12.0 Å². The lowest BCUT2D eigenvalue weighted by Crippen LogP contribution is -2.54. The molecule has 3 unspecified atom stereocenters. The normalized spacial score (nSPS) is 30.0. The van der Waals surface area contributed by atoms with Crippen LogP contribution in [-0.4, -0.2) is 54.4 Å². The highest BCUT2D eigenvalue weighted by molar-refractivity contribution is 5.76. The fourth-order valence-electron chi connectivity index (χ4n) is 3.31. The molecule has 3 atom stereocenters. The summed E-state index contributed by atoms with van der Waals surface area (Å²) in [4.78, 5) is 24.8. The molecule has 2 N–H and O–H groups in total. The first kappa shape index (κ1) is 16.1. The number of hydrogen-bond acceptors (Lipinski definition) is 3. The van der Waals surface area contributed by atoms with Crippen LogP contribution in [0, 0.1) is 11.8 Å². The van der Waals surface area contributed by atoms with E-state index in [-0.39, 0.29) is 18.5 Å². The third kappa shape index (κ3) is 4.59. The minimum absolute atomic E-state index is 0.0623. The van der Waals surface area contributed by atoms with Crippen LogP contribution in [0.4, 0.5) is 4.79 Å². The van der Waals surface area contributed by atoms with Gasteiger partial charge < -0.3 is 20.1 Å². The van der Waals surface area contributed by atoms with Crippen molar-refractivity contribution in [3.8, 4) is 0 Å². The van der Waals surface area contributed by atoms with Crippen molar-refractivity contribution in [2.24, 2.45) is 11.8 Å². The predicted octanol–water partition coefficient (Wildman–Crippen LogP) is 1.70. The van der Waals surface area contributed by atoms with Crippen LogP contribution in [0.3, 0.4) is 0 Å². The molecule has 1 saturated carbocycles. The monoisotopic (exact) mass is 298 g/mol. The van der Waals surface area contributed by atoms with Gasteiger partial charge in [-0.3, -0.25) is 4.79 Å². The highest BCUT2D eigenvalue weighted by Gasteiger charge is 2.30. The Hall–Kier alpha value is -1.30. The first-order valence-electron chi connectivity index (χ1n) is 7.92. The Morgan fingerprint density at radius 3 is 2.81 bits per heavy atom. The van der Waals surface area contributed by atoms with E-state index < -0.39 is 5.97 Å². The molecule has 0 aromatic carbocycles. The predicted molar refractivity (Wildman–Crippen MR) is 78.1 cm³/mol. The average molecular weight is 298 g/mol. The Bertz CT molecular complexity index is 375. The fraction of sp³-hybridized carbons (Fsp3) is 0.867. The standard InChI is InChI=1S/C15H26N2O4/c1-11-4-2-3-5-12(11)9-16-15(20)17-6-7-21-10-13(17)8-14(18)19/h11-13H,2-10H2,1H3,(H,16,20)(H,18,19). The molecule has 2 aliphatic rings. The van der Waals surface area contributed by atoms with E-state index in [9.17, 15) is 9.59 Å². The maximum absolute atomic E-state index is 12.3. The molecule has 1 saturated heterocycles. The van der Waals surface area contributed by atoms with Crippen molar-refractivity contribution in [3.63, 3.8) is 0 Å². The van der Waals surface area contributed by atoms with Gasteiger partial charge in [-0.2, -0.15) is 0 Å². The molecule has 0 aromatic rings. The molecule has 1 aliphatic carbocycles. The number of hydrogen-bond donors (Lipinski definition) is 2. The van der Waals surface area contributed by atoms with Crippen molar-refractivity contribution in [1.82, 2.24) is 10.2 Å². The van der Waals surface area contributed by atoms with E-state index >= 15 is 0 Å². The molecule has 2 fully saturated rings. The number of nitrogens with one attached hydrogen (secondary N) is 1. The van der Waals surface area contributed by atoms with Gasteiger partial charge in [-0.15, -0.1) is 0 Å². The Kier molecular flexibility index (Phi) is 5.85. The zero-order valence-corrected chi connectivity index (χ0v) is 12.7. The number of nitrogens with zero attached hydrogens (tertiary/aromatic N) is 1. The number of aliphatic carboxylic acids is 1. The Morgan fingerprint density at radius 1 is 1.33 bits per heavy atom. The third-order valence-electron chi connectivity index (χ3n) is 4.70. The Balaban J connectivity index is 1.83. The SMILES string of the molecule is CC1CCCCC1CNC(=O)N1CCOCC1CC(=O)O. The molecule has 2 amide bonds. The van der Waals surface area contributed by atoms with Crippen molar-refractivity contribution in [2.75, 3.05) is 26.3 Å². The molecule has 6 heteroatoms. The summed E-state index contributed by atoms with van der Waals surface area (Å²) < 4.78 is 5.29. The first-order valence-corrected chi connectivity index (χ1v) is 7.92. The topological polar surface area (TPSA) is 78.9 Å². The molecule has 1 heterocycles. The lowest BCUT2D eigenvalue weighted by molar-refractivity contribution is -0.139. The number of ether oxygens (including phenoxy) is 1. The van der Waals surface area contributed by atoms with Crippen LogP contribution in [-0.2, 0) is 9.53 Å². The summed E-state index contributed by atoms with van der Waals surface area (Å²) in [5, 5.41) is 11.9. The molecule has 0 spiro atoms. The van der Waals surface area contributed by atoms with Gasteiger partial charge in [0.05, 0.1) is 25.7 Å². The van der Waals surface area contributed by atoms with E-state index in [0.717, 1.165) is 0 Å². The highest BCUT2D eigenvalue weighted by atomic mass is 16.5. The third-order valence-corrected chi connectivity index (χ3v) is 4.70. The molecule has 6 nitrogen and oxygen atoms in total. The Labute approximate surface area is 125 Å². The number of carbonyl (C=O) groups excluding carboxylic acids is 1. The van der Waals surface area contributed by atoms with Gasteiger partial charge in [-0.25, -0.2) is 4.79 Å². The van der Waals surface area contributed by atoms with Crippen LogP contribution in [0.5, 0.6) is 0 Å². The second-order valence-electron chi connectivity index (χ2n) is 6.23. The van der Waals surface area contributed by atoms with Crippen LogP contribution >= 0.6 is 0 Å². The number of amides is 2. The number of morpholine rings is 1. The molecule has 0 bridgehead atoms. The molecule has 0 aromatic heterocycles. The van der Waals surface area contributed by atoms with Gasteiger partial charge in [0.1, 0.15) is 0 Å². The van der Waals surface area contributed by atoms with E-state index in [1.54, 1.807) is 4.90 Å². The van der Waals surface area contributed by atoms with E-state index in [2.05, 4.69) is 12.2 Å². The van der Waals surface area contributed by atoms with Crippen molar-refractivity contribution < 1.29 is 19.4 Å². The minimum Gasteiger partial charge on any atom is -0.481 e. The summed E-state index contributed by atoms with van der Waals surface area (Å²) in [5.41, 5.74) is 0. The molecular weight excluding hydrogens is 272 g/mol. The second kappa shape index (κ2) is 7.64. The number of carbonyl (C=O) groups is 2. The van der Waals surface area contributed by atoms with E-state index in [1.807, 2.05) is 0 Å². The Morgan fingerprint density at radius 2 is 2.10 bits per heavy atom. The van der Waals surface area contributed by atoms with Crippen LogP contribution in [0.2, 0.25) is 0 Å². The van der Waals surface area contributed by atoms with Gasteiger partial charge in [0.15, 0.2) is 0 Å². The van der Waals surface area contributed by atoms with E-state index in [1.165, 1.54) is 25.7 Å². The minimum atomic E-state index is -0.899. The van der Waals surface area contributed by atoms with Gasteiger partial charge in [-0.1, -0.05) is 26.2 Å². The van der Waals surface area contributed by atoms with Gasteiger partial charge in [0.25, 0.3) is 0 Å². The van der Waals surface area contributed by atoms with Crippen molar-refractivity contribution in [1.29, 1.82) is 0 Å². The maximum atomic E-state index is 12.3. The lowest BCUT2D eigenvalue weighted by atomic mass is 9.80. The van der Waals surface area contributed by atoms with Gasteiger partial charge in [0.2, 0.25) is 0 Å². The van der Waals surface area contributed by atoms with Crippen LogP contribution in [0.1, 0.15) is 39.0 Å². The van der Waals surface area contributed by atoms with E-state index in [4.69, 9.17) is 9.84 Å². The molecule has 1 aliphatic heterocycles. The zero-order chi connectivity index (χ0) is 15.2. The number of rotatable bonds is 4. The maximum Gasteiger partial charge on any atom is 0.317 e. The summed E-state index contributed by atoms with van der Waals surface area (Å²) in [5.74, 6) is 0.296. The largest absolute Gasteiger partial charge is 0.481 e. The first-order chi connectivity index (χ1) is 10.1. The molecular formula is C15H26N2O4.